The number of fused-ring (bicyclic) bond motifs is 3. The molecule has 0 spiro atoms. The Morgan fingerprint density at radius 3 is 2.39 bits per heavy atom. The van der Waals surface area contributed by atoms with Gasteiger partial charge in [0, 0.05) is 22.9 Å². The molecule has 0 bridgehead atoms. The standard InChI is InChI=1S/C29H28NO/c1-19(2)17-21-10-12-22(13-11-21)23-15-16-30(4)26(18-23)28-20(3)9-14-25-24-7-5-6-8-27(24)31-29(25)28/h5-16,18-19H,17H2,1-4H3/q+1. The van der Waals surface area contributed by atoms with Crippen molar-refractivity contribution in [1.29, 1.82) is 0 Å². The summed E-state index contributed by atoms with van der Waals surface area (Å²) < 4.78 is 8.54. The van der Waals surface area contributed by atoms with Crippen LogP contribution in [0.4, 0.5) is 0 Å². The van der Waals surface area contributed by atoms with Gasteiger partial charge < -0.3 is 4.42 Å². The smallest absolute Gasteiger partial charge is 0.216 e. The van der Waals surface area contributed by atoms with E-state index in [1.165, 1.54) is 33.0 Å². The van der Waals surface area contributed by atoms with Gasteiger partial charge in [-0.2, -0.15) is 0 Å². The lowest BCUT2D eigenvalue weighted by atomic mass is 9.96. The van der Waals surface area contributed by atoms with E-state index in [0.717, 1.165) is 28.8 Å². The molecule has 0 aliphatic rings. The van der Waals surface area contributed by atoms with Crippen molar-refractivity contribution in [3.05, 3.63) is 90.1 Å². The molecule has 3 aromatic carbocycles. The van der Waals surface area contributed by atoms with Gasteiger partial charge in [-0.1, -0.05) is 68.4 Å². The van der Waals surface area contributed by atoms with E-state index in [2.05, 4.69) is 99.2 Å². The van der Waals surface area contributed by atoms with Crippen LogP contribution in [-0.4, -0.2) is 0 Å². The predicted molar refractivity (Wildman–Crippen MR) is 129 cm³/mol. The molecule has 5 aromatic rings. The number of benzene rings is 3. The Kier molecular flexibility index (Phi) is 4.86. The Bertz CT molecular complexity index is 1390. The minimum atomic E-state index is 0.667. The van der Waals surface area contributed by atoms with Crippen LogP contribution in [0.1, 0.15) is 25.0 Å². The number of nitrogens with zero attached hydrogens (tertiary/aromatic N) is 1. The van der Waals surface area contributed by atoms with E-state index in [4.69, 9.17) is 4.42 Å². The summed E-state index contributed by atoms with van der Waals surface area (Å²) in [4.78, 5) is 0. The predicted octanol–water partition coefficient (Wildman–Crippen LogP) is 7.25. The number of aryl methyl sites for hydroxylation is 2. The molecule has 0 N–H and O–H groups in total. The fourth-order valence-electron chi connectivity index (χ4n) is 4.51. The first kappa shape index (κ1) is 19.6. The lowest BCUT2D eigenvalue weighted by Gasteiger charge is -2.09. The highest BCUT2D eigenvalue weighted by Gasteiger charge is 2.21. The van der Waals surface area contributed by atoms with E-state index >= 15 is 0 Å². The van der Waals surface area contributed by atoms with Gasteiger partial charge in [0.05, 0.1) is 5.56 Å². The van der Waals surface area contributed by atoms with Gasteiger partial charge in [-0.3, -0.25) is 0 Å². The van der Waals surface area contributed by atoms with Crippen LogP contribution in [-0.2, 0) is 13.5 Å². The summed E-state index contributed by atoms with van der Waals surface area (Å²) >= 11 is 0. The first-order valence-corrected chi connectivity index (χ1v) is 11.0. The summed E-state index contributed by atoms with van der Waals surface area (Å²) in [6, 6.07) is 26.1. The molecule has 0 unspecified atom stereocenters. The molecule has 0 saturated carbocycles. The summed E-state index contributed by atoms with van der Waals surface area (Å²) in [6.45, 7) is 6.69. The molecule has 0 amide bonds. The highest BCUT2D eigenvalue weighted by molar-refractivity contribution is 6.09. The molecule has 0 atom stereocenters. The van der Waals surface area contributed by atoms with Crippen LogP contribution >= 0.6 is 0 Å². The molecular formula is C29H28NO+. The molecule has 154 valence electrons. The summed E-state index contributed by atoms with van der Waals surface area (Å²) in [6.07, 6.45) is 3.26. The van der Waals surface area contributed by atoms with Gasteiger partial charge >= 0.3 is 0 Å². The number of rotatable bonds is 4. The largest absolute Gasteiger partial charge is 0.455 e. The number of furan rings is 1. The number of hydrogen-bond donors (Lipinski definition) is 0. The molecule has 31 heavy (non-hydrogen) atoms. The molecule has 0 aliphatic carbocycles. The van der Waals surface area contributed by atoms with E-state index in [1.807, 2.05) is 12.1 Å². The molecule has 0 fully saturated rings. The summed E-state index contributed by atoms with van der Waals surface area (Å²) in [5.41, 5.74) is 9.28. The van der Waals surface area contributed by atoms with E-state index in [1.54, 1.807) is 0 Å². The van der Waals surface area contributed by atoms with Crippen LogP contribution in [0, 0.1) is 12.8 Å². The number of hydrogen-bond acceptors (Lipinski definition) is 1. The minimum absolute atomic E-state index is 0.667. The van der Waals surface area contributed by atoms with Crippen molar-refractivity contribution in [3.63, 3.8) is 0 Å². The Hall–Kier alpha value is -3.39. The van der Waals surface area contributed by atoms with Gasteiger partial charge in [0.2, 0.25) is 5.69 Å². The zero-order valence-corrected chi connectivity index (χ0v) is 18.6. The maximum Gasteiger partial charge on any atom is 0.216 e. The first-order chi connectivity index (χ1) is 15.0. The fourth-order valence-corrected chi connectivity index (χ4v) is 4.51. The van der Waals surface area contributed by atoms with Gasteiger partial charge in [0.1, 0.15) is 18.2 Å². The number of aromatic nitrogens is 1. The molecule has 2 heteroatoms. The summed E-state index contributed by atoms with van der Waals surface area (Å²) in [5, 5.41) is 2.33. The van der Waals surface area contributed by atoms with Crippen LogP contribution in [0.25, 0.3) is 44.3 Å². The fraction of sp³-hybridized carbons (Fsp3) is 0.207. The second-order valence-electron chi connectivity index (χ2n) is 8.94. The van der Waals surface area contributed by atoms with Crippen LogP contribution in [0.3, 0.4) is 0 Å². The van der Waals surface area contributed by atoms with Crippen LogP contribution in [0.2, 0.25) is 0 Å². The van der Waals surface area contributed by atoms with Gasteiger partial charge in [-0.25, -0.2) is 4.57 Å². The third-order valence-corrected chi connectivity index (χ3v) is 6.09. The molecule has 2 heterocycles. The zero-order valence-electron chi connectivity index (χ0n) is 18.6. The van der Waals surface area contributed by atoms with Crippen molar-refractivity contribution >= 4 is 21.9 Å². The van der Waals surface area contributed by atoms with E-state index in [0.29, 0.717) is 5.92 Å². The van der Waals surface area contributed by atoms with Crippen molar-refractivity contribution in [3.8, 4) is 22.4 Å². The van der Waals surface area contributed by atoms with Gasteiger partial charge in [-0.15, -0.1) is 0 Å². The van der Waals surface area contributed by atoms with Gasteiger partial charge in [0.25, 0.3) is 0 Å². The third kappa shape index (κ3) is 3.53. The molecule has 0 radical (unpaired) electrons. The topological polar surface area (TPSA) is 17.0 Å². The van der Waals surface area contributed by atoms with Crippen LogP contribution in [0.5, 0.6) is 0 Å². The lowest BCUT2D eigenvalue weighted by Crippen LogP contribution is -2.30. The monoisotopic (exact) mass is 406 g/mol. The Labute approximate surface area is 183 Å². The van der Waals surface area contributed by atoms with E-state index < -0.39 is 0 Å². The van der Waals surface area contributed by atoms with Crippen molar-refractivity contribution in [2.45, 2.75) is 27.2 Å². The normalized spacial score (nSPS) is 11.6. The zero-order chi connectivity index (χ0) is 21.5. The molecule has 5 rings (SSSR count). The Morgan fingerprint density at radius 2 is 1.61 bits per heavy atom. The highest BCUT2D eigenvalue weighted by Crippen LogP contribution is 2.37. The minimum Gasteiger partial charge on any atom is -0.455 e. The van der Waals surface area contributed by atoms with Gasteiger partial charge in [-0.05, 0) is 47.6 Å². The van der Waals surface area contributed by atoms with Crippen molar-refractivity contribution in [2.24, 2.45) is 13.0 Å². The highest BCUT2D eigenvalue weighted by atomic mass is 16.3. The first-order valence-electron chi connectivity index (χ1n) is 11.0. The van der Waals surface area contributed by atoms with Gasteiger partial charge in [0.15, 0.2) is 6.20 Å². The Balaban J connectivity index is 1.66. The average molecular weight is 407 g/mol. The maximum absolute atomic E-state index is 6.36. The maximum atomic E-state index is 6.36. The van der Waals surface area contributed by atoms with Crippen LogP contribution in [0.15, 0.2) is 83.4 Å². The molecular weight excluding hydrogens is 378 g/mol. The molecule has 2 aromatic heterocycles. The van der Waals surface area contributed by atoms with Crippen LogP contribution < -0.4 is 4.57 Å². The number of para-hydroxylation sites is 1. The third-order valence-electron chi connectivity index (χ3n) is 6.09. The lowest BCUT2D eigenvalue weighted by molar-refractivity contribution is -0.660. The average Bonchev–Trinajstić information content (AvgIpc) is 3.13. The summed E-state index contributed by atoms with van der Waals surface area (Å²) in [7, 11) is 2.10. The number of pyridine rings is 1. The Morgan fingerprint density at radius 1 is 0.839 bits per heavy atom. The van der Waals surface area contributed by atoms with E-state index in [-0.39, 0.29) is 0 Å². The molecule has 2 nitrogen and oxygen atoms in total. The molecule has 0 aliphatic heterocycles. The van der Waals surface area contributed by atoms with Crippen molar-refractivity contribution in [2.75, 3.05) is 0 Å². The van der Waals surface area contributed by atoms with E-state index in [9.17, 15) is 0 Å². The molecule has 0 saturated heterocycles. The quantitative estimate of drug-likeness (QED) is 0.287. The summed E-state index contributed by atoms with van der Waals surface area (Å²) in [5.74, 6) is 0.667. The van der Waals surface area contributed by atoms with Crippen molar-refractivity contribution in [1.82, 2.24) is 0 Å². The van der Waals surface area contributed by atoms with Crippen molar-refractivity contribution < 1.29 is 8.98 Å². The second kappa shape index (κ2) is 7.70. The second-order valence-corrected chi connectivity index (χ2v) is 8.94. The SMILES string of the molecule is Cc1ccc2c(oc3ccccc32)c1-c1cc(-c2ccc(CC(C)C)cc2)cc[n+]1C.